The molecule has 2 N–H and O–H groups in total. The van der Waals surface area contributed by atoms with E-state index in [0.717, 1.165) is 35.1 Å². The summed E-state index contributed by atoms with van der Waals surface area (Å²) in [7, 11) is 0. The first-order valence-corrected chi connectivity index (χ1v) is 7.14. The standard InChI is InChI=1S/C16H11F2N3O4/c17-8-1-2-10(18)9(5-8)11-6-13(23)15(12(22)3-4-14(24)25)16-19-7-20-21(11)16/h1-2,5-7,22H,3-4H2,(H,24,25)/b15-12-. The second-order valence-electron chi connectivity index (χ2n) is 5.23. The van der Waals surface area contributed by atoms with Crippen LogP contribution in [0.3, 0.4) is 0 Å². The van der Waals surface area contributed by atoms with Crippen LogP contribution in [0.25, 0.3) is 22.7 Å². The Hall–Kier alpha value is -3.36. The van der Waals surface area contributed by atoms with E-state index in [0.29, 0.717) is 0 Å². The summed E-state index contributed by atoms with van der Waals surface area (Å²) in [6.45, 7) is 0. The minimum absolute atomic E-state index is 0.0377. The van der Waals surface area contributed by atoms with Crippen molar-refractivity contribution in [2.75, 3.05) is 0 Å². The van der Waals surface area contributed by atoms with Gasteiger partial charge in [0, 0.05) is 18.1 Å². The van der Waals surface area contributed by atoms with Crippen LogP contribution in [0.4, 0.5) is 8.78 Å². The monoisotopic (exact) mass is 347 g/mol. The predicted octanol–water partition coefficient (Wildman–Crippen LogP) is 1.28. The number of carbonyl (C=O) groups is 1. The van der Waals surface area contributed by atoms with Gasteiger partial charge in [0.25, 0.3) is 0 Å². The molecule has 0 atom stereocenters. The molecule has 0 radical (unpaired) electrons. The number of carboxylic acid groups (broad SMARTS) is 1. The zero-order chi connectivity index (χ0) is 18.1. The third kappa shape index (κ3) is 3.03. The second-order valence-corrected chi connectivity index (χ2v) is 5.23. The van der Waals surface area contributed by atoms with Crippen molar-refractivity contribution in [1.82, 2.24) is 14.6 Å². The van der Waals surface area contributed by atoms with Crippen LogP contribution in [0, 0.1) is 11.6 Å². The second kappa shape index (κ2) is 6.27. The van der Waals surface area contributed by atoms with E-state index in [-0.39, 0.29) is 35.0 Å². The fourth-order valence-corrected chi connectivity index (χ4v) is 2.46. The molecule has 7 nitrogen and oxygen atoms in total. The van der Waals surface area contributed by atoms with Crippen molar-refractivity contribution in [3.63, 3.8) is 0 Å². The number of aromatic nitrogens is 3. The summed E-state index contributed by atoms with van der Waals surface area (Å²) < 4.78 is 28.6. The summed E-state index contributed by atoms with van der Waals surface area (Å²) in [5.41, 5.74) is -1.01. The van der Waals surface area contributed by atoms with Crippen LogP contribution in [-0.2, 0) is 4.79 Å². The first-order valence-electron chi connectivity index (χ1n) is 7.14. The molecule has 3 rings (SSSR count). The highest BCUT2D eigenvalue weighted by Crippen LogP contribution is 2.22. The first kappa shape index (κ1) is 16.5. The molecule has 0 aliphatic rings. The minimum Gasteiger partial charge on any atom is -0.511 e. The Kier molecular flexibility index (Phi) is 4.14. The smallest absolute Gasteiger partial charge is 0.303 e. The Bertz CT molecular complexity index is 1090. The minimum atomic E-state index is -1.14. The molecule has 0 fully saturated rings. The molecule has 0 bridgehead atoms. The predicted molar refractivity (Wildman–Crippen MR) is 82.7 cm³/mol. The lowest BCUT2D eigenvalue weighted by Crippen LogP contribution is -2.30. The molecule has 0 saturated heterocycles. The van der Waals surface area contributed by atoms with E-state index in [1.165, 1.54) is 0 Å². The largest absolute Gasteiger partial charge is 0.511 e. The van der Waals surface area contributed by atoms with Gasteiger partial charge in [0.05, 0.1) is 12.1 Å². The Morgan fingerprint density at radius 2 is 1.92 bits per heavy atom. The number of hydrogen-bond acceptors (Lipinski definition) is 5. The van der Waals surface area contributed by atoms with E-state index >= 15 is 0 Å². The number of hydrogen-bond donors (Lipinski definition) is 2. The van der Waals surface area contributed by atoms with Gasteiger partial charge in [0.1, 0.15) is 28.9 Å². The van der Waals surface area contributed by atoms with Crippen LogP contribution in [0.1, 0.15) is 12.8 Å². The maximum atomic E-state index is 14.0. The lowest BCUT2D eigenvalue weighted by atomic mass is 10.1. The van der Waals surface area contributed by atoms with Crippen LogP contribution >= 0.6 is 0 Å². The number of benzene rings is 1. The maximum absolute atomic E-state index is 14.0. The van der Waals surface area contributed by atoms with Gasteiger partial charge < -0.3 is 10.2 Å². The summed E-state index contributed by atoms with van der Waals surface area (Å²) in [5, 5.41) is 22.4. The number of aliphatic hydroxyl groups excluding tert-OH is 1. The molecule has 2 heterocycles. The van der Waals surface area contributed by atoms with E-state index in [4.69, 9.17) is 5.11 Å². The van der Waals surface area contributed by atoms with Crippen molar-refractivity contribution in [3.8, 4) is 11.3 Å². The zero-order valence-corrected chi connectivity index (χ0v) is 12.6. The van der Waals surface area contributed by atoms with Crippen molar-refractivity contribution in [3.05, 3.63) is 57.7 Å². The molecule has 0 spiro atoms. The molecule has 1 aromatic carbocycles. The highest BCUT2D eigenvalue weighted by atomic mass is 19.1. The molecular formula is C16H11F2N3O4. The number of rotatable bonds is 4. The van der Waals surface area contributed by atoms with Crippen LogP contribution < -0.4 is 10.6 Å². The van der Waals surface area contributed by atoms with Crippen LogP contribution in [-0.4, -0.2) is 30.8 Å². The van der Waals surface area contributed by atoms with Gasteiger partial charge in [0.2, 0.25) is 0 Å². The number of halogens is 2. The van der Waals surface area contributed by atoms with E-state index in [9.17, 15) is 23.5 Å². The van der Waals surface area contributed by atoms with Crippen molar-refractivity contribution in [1.29, 1.82) is 0 Å². The van der Waals surface area contributed by atoms with Crippen molar-refractivity contribution >= 4 is 17.4 Å². The average Bonchev–Trinajstić information content (AvgIpc) is 3.03. The Balaban J connectivity index is 2.30. The molecule has 0 amide bonds. The summed E-state index contributed by atoms with van der Waals surface area (Å²) in [4.78, 5) is 26.9. The molecule has 128 valence electrons. The van der Waals surface area contributed by atoms with Crippen LogP contribution in [0.5, 0.6) is 0 Å². The van der Waals surface area contributed by atoms with Crippen LogP contribution in [0.15, 0.2) is 35.4 Å². The number of carboxylic acids is 1. The molecule has 0 aliphatic carbocycles. The molecular weight excluding hydrogens is 336 g/mol. The van der Waals surface area contributed by atoms with Gasteiger partial charge in [-0.15, -0.1) is 0 Å². The van der Waals surface area contributed by atoms with Crippen molar-refractivity contribution in [2.45, 2.75) is 12.8 Å². The van der Waals surface area contributed by atoms with Gasteiger partial charge >= 0.3 is 5.97 Å². The number of aliphatic hydroxyl groups is 1. The SMILES string of the molecule is O=C(O)CC/C(O)=c1\c(=O)cc(-c2cc(F)ccc2F)n2ncnc12. The van der Waals surface area contributed by atoms with Gasteiger partial charge in [-0.1, -0.05) is 0 Å². The van der Waals surface area contributed by atoms with Gasteiger partial charge in [-0.2, -0.15) is 5.10 Å². The molecule has 2 aromatic heterocycles. The lowest BCUT2D eigenvalue weighted by Gasteiger charge is -2.07. The fourth-order valence-electron chi connectivity index (χ4n) is 2.46. The molecule has 0 aliphatic heterocycles. The molecule has 0 unspecified atom stereocenters. The normalized spacial score (nSPS) is 12.4. The van der Waals surface area contributed by atoms with Crippen molar-refractivity contribution < 1.29 is 23.8 Å². The molecule has 0 saturated carbocycles. The zero-order valence-electron chi connectivity index (χ0n) is 12.6. The van der Waals surface area contributed by atoms with E-state index in [2.05, 4.69) is 10.1 Å². The summed E-state index contributed by atoms with van der Waals surface area (Å²) in [6.07, 6.45) is 0.427. The third-order valence-electron chi connectivity index (χ3n) is 3.58. The Labute approximate surface area is 138 Å². The Morgan fingerprint density at radius 3 is 2.64 bits per heavy atom. The summed E-state index contributed by atoms with van der Waals surface area (Å²) in [6, 6.07) is 3.77. The van der Waals surface area contributed by atoms with E-state index in [1.54, 1.807) is 0 Å². The van der Waals surface area contributed by atoms with Gasteiger partial charge in [-0.3, -0.25) is 9.59 Å². The number of nitrogens with zero attached hydrogens (tertiary/aromatic N) is 3. The quantitative estimate of drug-likeness (QED) is 0.737. The highest BCUT2D eigenvalue weighted by Gasteiger charge is 2.16. The maximum Gasteiger partial charge on any atom is 0.303 e. The van der Waals surface area contributed by atoms with Gasteiger partial charge in [0.15, 0.2) is 11.1 Å². The van der Waals surface area contributed by atoms with Crippen molar-refractivity contribution in [2.24, 2.45) is 0 Å². The van der Waals surface area contributed by atoms with Crippen LogP contribution in [0.2, 0.25) is 0 Å². The number of aliphatic carboxylic acids is 1. The topological polar surface area (TPSA) is 105 Å². The summed E-state index contributed by atoms with van der Waals surface area (Å²) >= 11 is 0. The number of fused-ring (bicyclic) bond motifs is 1. The van der Waals surface area contributed by atoms with E-state index < -0.39 is 28.8 Å². The van der Waals surface area contributed by atoms with Gasteiger partial charge in [-0.25, -0.2) is 18.3 Å². The van der Waals surface area contributed by atoms with E-state index in [1.807, 2.05) is 0 Å². The first-order chi connectivity index (χ1) is 11.9. The fraction of sp³-hybridized carbons (Fsp3) is 0.125. The molecule has 3 aromatic rings. The molecule has 9 heteroatoms. The Morgan fingerprint density at radius 1 is 1.16 bits per heavy atom. The number of pyridine rings is 1. The van der Waals surface area contributed by atoms with Gasteiger partial charge in [-0.05, 0) is 18.2 Å². The highest BCUT2D eigenvalue weighted by molar-refractivity contribution is 5.69. The lowest BCUT2D eigenvalue weighted by molar-refractivity contribution is -0.136. The average molecular weight is 347 g/mol. The molecule has 25 heavy (non-hydrogen) atoms. The third-order valence-corrected chi connectivity index (χ3v) is 3.58. The summed E-state index contributed by atoms with van der Waals surface area (Å²) in [5.74, 6) is -3.06.